The zero-order chi connectivity index (χ0) is 14.3. The summed E-state index contributed by atoms with van der Waals surface area (Å²) in [5.41, 5.74) is 0.689. The number of rotatable bonds is 3. The van der Waals surface area contributed by atoms with E-state index in [1.807, 2.05) is 24.3 Å². The summed E-state index contributed by atoms with van der Waals surface area (Å²) in [6.45, 7) is 0. The number of aliphatic carboxylic acids is 1. The quantitative estimate of drug-likeness (QED) is 0.834. The number of nitrogens with one attached hydrogen (secondary N) is 1. The normalized spacial score (nSPS) is 30.4. The zero-order valence-corrected chi connectivity index (χ0v) is 12.2. The van der Waals surface area contributed by atoms with Gasteiger partial charge < -0.3 is 10.4 Å². The van der Waals surface area contributed by atoms with E-state index in [4.69, 9.17) is 0 Å². The van der Waals surface area contributed by atoms with Crippen LogP contribution in [0.4, 0.5) is 5.69 Å². The van der Waals surface area contributed by atoms with Crippen LogP contribution in [-0.2, 0) is 9.59 Å². The van der Waals surface area contributed by atoms with Gasteiger partial charge in [-0.1, -0.05) is 28.1 Å². The average Bonchev–Trinajstić information content (AvgIpc) is 3.01. The molecule has 1 aromatic rings. The molecule has 3 rings (SSSR count). The molecule has 0 aromatic heterocycles. The van der Waals surface area contributed by atoms with Gasteiger partial charge >= 0.3 is 5.97 Å². The molecule has 4 atom stereocenters. The maximum atomic E-state index is 12.4. The van der Waals surface area contributed by atoms with Crippen LogP contribution in [0, 0.1) is 23.7 Å². The molecule has 0 aliphatic heterocycles. The second-order valence-electron chi connectivity index (χ2n) is 5.33. The van der Waals surface area contributed by atoms with E-state index in [9.17, 15) is 14.7 Å². The van der Waals surface area contributed by atoms with E-state index in [0.717, 1.165) is 10.9 Å². The smallest absolute Gasteiger partial charge is 0.307 e. The fraction of sp³-hybridized carbons (Fsp3) is 0.333. The Morgan fingerprint density at radius 2 is 1.70 bits per heavy atom. The molecule has 0 saturated heterocycles. The largest absolute Gasteiger partial charge is 0.481 e. The van der Waals surface area contributed by atoms with Crippen LogP contribution in [0.5, 0.6) is 0 Å². The number of benzene rings is 1. The number of amides is 1. The number of carbonyl (C=O) groups is 2. The van der Waals surface area contributed by atoms with Gasteiger partial charge in [-0.05, 0) is 42.5 Å². The van der Waals surface area contributed by atoms with Crippen LogP contribution in [0.1, 0.15) is 6.42 Å². The summed E-state index contributed by atoms with van der Waals surface area (Å²) in [4.78, 5) is 23.8. The number of anilines is 1. The molecule has 20 heavy (non-hydrogen) atoms. The summed E-state index contributed by atoms with van der Waals surface area (Å²) < 4.78 is 0.932. The zero-order valence-electron chi connectivity index (χ0n) is 10.6. The molecular formula is C15H14BrNO3. The Morgan fingerprint density at radius 1 is 1.10 bits per heavy atom. The van der Waals surface area contributed by atoms with Crippen molar-refractivity contribution < 1.29 is 14.7 Å². The average molecular weight is 336 g/mol. The molecule has 1 aromatic carbocycles. The molecule has 2 aliphatic carbocycles. The van der Waals surface area contributed by atoms with Gasteiger partial charge in [-0.25, -0.2) is 0 Å². The highest BCUT2D eigenvalue weighted by atomic mass is 79.9. The lowest BCUT2D eigenvalue weighted by atomic mass is 9.82. The first kappa shape index (κ1) is 13.4. The molecule has 2 N–H and O–H groups in total. The van der Waals surface area contributed by atoms with Crippen molar-refractivity contribution in [1.82, 2.24) is 0 Å². The monoisotopic (exact) mass is 335 g/mol. The minimum absolute atomic E-state index is 0.00170. The van der Waals surface area contributed by atoms with Gasteiger partial charge in [0.1, 0.15) is 0 Å². The summed E-state index contributed by atoms with van der Waals surface area (Å²) in [7, 11) is 0. The Bertz CT molecular complexity index is 581. The summed E-state index contributed by atoms with van der Waals surface area (Å²) in [5.74, 6) is -2.09. The predicted octanol–water partition coefficient (Wildman–Crippen LogP) is 2.91. The van der Waals surface area contributed by atoms with Crippen molar-refractivity contribution >= 4 is 33.5 Å². The summed E-state index contributed by atoms with van der Waals surface area (Å²) in [6.07, 6.45) is 4.69. The highest BCUT2D eigenvalue weighted by Gasteiger charge is 2.51. The molecule has 1 amide bonds. The maximum Gasteiger partial charge on any atom is 0.307 e. The van der Waals surface area contributed by atoms with Crippen LogP contribution in [-0.4, -0.2) is 17.0 Å². The van der Waals surface area contributed by atoms with Crippen molar-refractivity contribution in [3.63, 3.8) is 0 Å². The second-order valence-corrected chi connectivity index (χ2v) is 6.25. The van der Waals surface area contributed by atoms with Crippen LogP contribution in [0.15, 0.2) is 40.9 Å². The molecule has 104 valence electrons. The third-order valence-electron chi connectivity index (χ3n) is 4.16. The molecule has 2 bridgehead atoms. The SMILES string of the molecule is O=C(O)[C@H]1[C@H](C(=O)Nc2ccc(Br)cc2)[C@H]2C=C[C@@H]1C2. The van der Waals surface area contributed by atoms with Crippen molar-refractivity contribution in [1.29, 1.82) is 0 Å². The van der Waals surface area contributed by atoms with Crippen LogP contribution in [0.2, 0.25) is 0 Å². The number of fused-ring (bicyclic) bond motifs is 2. The predicted molar refractivity (Wildman–Crippen MR) is 78.1 cm³/mol. The summed E-state index contributed by atoms with van der Waals surface area (Å²) in [6, 6.07) is 7.26. The van der Waals surface area contributed by atoms with Crippen LogP contribution < -0.4 is 5.32 Å². The molecule has 0 unspecified atom stereocenters. The molecule has 5 heteroatoms. The third kappa shape index (κ3) is 2.26. The number of hydrogen-bond acceptors (Lipinski definition) is 2. The van der Waals surface area contributed by atoms with E-state index in [0.29, 0.717) is 5.69 Å². The minimum Gasteiger partial charge on any atom is -0.481 e. The van der Waals surface area contributed by atoms with Gasteiger partial charge in [0.15, 0.2) is 0 Å². The molecule has 1 fully saturated rings. The Balaban J connectivity index is 1.78. The van der Waals surface area contributed by atoms with Gasteiger partial charge in [-0.3, -0.25) is 9.59 Å². The third-order valence-corrected chi connectivity index (χ3v) is 4.69. The van der Waals surface area contributed by atoms with Crippen LogP contribution >= 0.6 is 15.9 Å². The topological polar surface area (TPSA) is 66.4 Å². The lowest BCUT2D eigenvalue weighted by Gasteiger charge is -2.23. The molecule has 4 nitrogen and oxygen atoms in total. The van der Waals surface area contributed by atoms with Crippen molar-refractivity contribution in [2.45, 2.75) is 6.42 Å². The Hall–Kier alpha value is -1.62. The van der Waals surface area contributed by atoms with Crippen LogP contribution in [0.25, 0.3) is 0 Å². The van der Waals surface area contributed by atoms with E-state index in [2.05, 4.69) is 21.2 Å². The van der Waals surface area contributed by atoms with E-state index >= 15 is 0 Å². The first-order valence-electron chi connectivity index (χ1n) is 6.54. The molecule has 0 heterocycles. The second kappa shape index (κ2) is 5.05. The summed E-state index contributed by atoms with van der Waals surface area (Å²) in [5, 5.41) is 12.2. The van der Waals surface area contributed by atoms with Gasteiger partial charge in [0, 0.05) is 10.2 Å². The van der Waals surface area contributed by atoms with Gasteiger partial charge in [-0.2, -0.15) is 0 Å². The van der Waals surface area contributed by atoms with Gasteiger partial charge in [0.25, 0.3) is 0 Å². The van der Waals surface area contributed by atoms with Gasteiger partial charge in [0.05, 0.1) is 11.8 Å². The summed E-state index contributed by atoms with van der Waals surface area (Å²) >= 11 is 3.33. The Kier molecular flexibility index (Phi) is 3.38. The highest BCUT2D eigenvalue weighted by Crippen LogP contribution is 2.48. The maximum absolute atomic E-state index is 12.4. The molecule has 1 saturated carbocycles. The molecule has 2 aliphatic rings. The highest BCUT2D eigenvalue weighted by molar-refractivity contribution is 9.10. The van der Waals surface area contributed by atoms with E-state index in [-0.39, 0.29) is 17.7 Å². The number of carboxylic acids is 1. The molecule has 0 radical (unpaired) electrons. The fourth-order valence-corrected chi connectivity index (χ4v) is 3.54. The minimum atomic E-state index is -0.877. The van der Waals surface area contributed by atoms with Gasteiger partial charge in [-0.15, -0.1) is 0 Å². The van der Waals surface area contributed by atoms with Gasteiger partial charge in [0.2, 0.25) is 5.91 Å². The van der Waals surface area contributed by atoms with Crippen molar-refractivity contribution in [3.8, 4) is 0 Å². The lowest BCUT2D eigenvalue weighted by molar-refractivity contribution is -0.146. The van der Waals surface area contributed by atoms with Crippen molar-refractivity contribution in [2.24, 2.45) is 23.7 Å². The standard InChI is InChI=1S/C15H14BrNO3/c16-10-3-5-11(6-4-10)17-14(18)12-8-1-2-9(7-8)13(12)15(19)20/h1-6,8-9,12-13H,7H2,(H,17,18)(H,19,20)/t8-,9+,12+,13+/m0/s1. The molecule has 0 spiro atoms. The number of carboxylic acid groups (broad SMARTS) is 1. The fourth-order valence-electron chi connectivity index (χ4n) is 3.28. The molecular weight excluding hydrogens is 322 g/mol. The Morgan fingerprint density at radius 3 is 2.30 bits per heavy atom. The number of allylic oxidation sites excluding steroid dienone is 2. The number of hydrogen-bond donors (Lipinski definition) is 2. The van der Waals surface area contributed by atoms with Crippen LogP contribution in [0.3, 0.4) is 0 Å². The van der Waals surface area contributed by atoms with E-state index in [1.54, 1.807) is 12.1 Å². The Labute approximate surface area is 125 Å². The van der Waals surface area contributed by atoms with Crippen molar-refractivity contribution in [3.05, 3.63) is 40.9 Å². The first-order valence-corrected chi connectivity index (χ1v) is 7.33. The first-order chi connectivity index (χ1) is 9.56. The van der Waals surface area contributed by atoms with E-state index in [1.165, 1.54) is 0 Å². The lowest BCUT2D eigenvalue weighted by Crippen LogP contribution is -2.36. The van der Waals surface area contributed by atoms with Crippen molar-refractivity contribution in [2.75, 3.05) is 5.32 Å². The number of carbonyl (C=O) groups excluding carboxylic acids is 1. The number of halogens is 1. The van der Waals surface area contributed by atoms with E-state index < -0.39 is 17.8 Å².